The van der Waals surface area contributed by atoms with Gasteiger partial charge in [0.05, 0.1) is 13.2 Å². The fourth-order valence-electron chi connectivity index (χ4n) is 2.43. The molecule has 1 atom stereocenters. The third kappa shape index (κ3) is 4.63. The predicted octanol–water partition coefficient (Wildman–Crippen LogP) is 2.25. The second-order valence-electron chi connectivity index (χ2n) is 5.17. The van der Waals surface area contributed by atoms with E-state index in [1.165, 1.54) is 11.3 Å². The predicted molar refractivity (Wildman–Crippen MR) is 92.6 cm³/mol. The largest absolute Gasteiger partial charge is 0.497 e. The molecule has 23 heavy (non-hydrogen) atoms. The number of carbonyl (C=O) groups is 1. The van der Waals surface area contributed by atoms with E-state index in [0.29, 0.717) is 11.6 Å². The molecule has 2 heterocycles. The van der Waals surface area contributed by atoms with Crippen LogP contribution in [-0.2, 0) is 11.2 Å². The van der Waals surface area contributed by atoms with Crippen molar-refractivity contribution in [1.29, 1.82) is 0 Å². The number of halogens is 1. The summed E-state index contributed by atoms with van der Waals surface area (Å²) in [6.07, 6.45) is 2.59. The zero-order valence-corrected chi connectivity index (χ0v) is 14.4. The van der Waals surface area contributed by atoms with Gasteiger partial charge in [-0.05, 0) is 37.1 Å². The van der Waals surface area contributed by atoms with Crippen molar-refractivity contribution in [3.63, 3.8) is 0 Å². The van der Waals surface area contributed by atoms with Gasteiger partial charge in [0, 0.05) is 6.42 Å². The summed E-state index contributed by atoms with van der Waals surface area (Å²) in [5.41, 5.74) is 1.10. The molecule has 1 aliphatic rings. The van der Waals surface area contributed by atoms with Crippen molar-refractivity contribution >= 4 is 34.8 Å². The van der Waals surface area contributed by atoms with Gasteiger partial charge in [0.2, 0.25) is 11.0 Å². The number of methoxy groups -OCH3 is 1. The molecule has 6 nitrogen and oxygen atoms in total. The number of rotatable bonds is 5. The zero-order valence-electron chi connectivity index (χ0n) is 12.7. The number of nitrogens with one attached hydrogen (secondary N) is 2. The maximum Gasteiger partial charge on any atom is 0.243 e. The van der Waals surface area contributed by atoms with Gasteiger partial charge >= 0.3 is 0 Å². The van der Waals surface area contributed by atoms with E-state index in [1.54, 1.807) is 7.11 Å². The molecule has 1 unspecified atom stereocenters. The SMILES string of the molecule is COc1cccc(Cc2nnc(NC(=O)C3CCCN3)s2)c1.Cl. The lowest BCUT2D eigenvalue weighted by Gasteiger charge is -2.07. The first-order valence-electron chi connectivity index (χ1n) is 7.24. The lowest BCUT2D eigenvalue weighted by molar-refractivity contribution is -0.117. The van der Waals surface area contributed by atoms with E-state index in [2.05, 4.69) is 20.8 Å². The van der Waals surface area contributed by atoms with Crippen molar-refractivity contribution in [3.05, 3.63) is 34.8 Å². The number of hydrogen-bond donors (Lipinski definition) is 2. The van der Waals surface area contributed by atoms with E-state index < -0.39 is 0 Å². The molecule has 124 valence electrons. The van der Waals surface area contributed by atoms with E-state index in [-0.39, 0.29) is 24.4 Å². The van der Waals surface area contributed by atoms with E-state index >= 15 is 0 Å². The first kappa shape index (κ1) is 17.7. The van der Waals surface area contributed by atoms with Crippen molar-refractivity contribution < 1.29 is 9.53 Å². The highest BCUT2D eigenvalue weighted by Gasteiger charge is 2.22. The summed E-state index contributed by atoms with van der Waals surface area (Å²) < 4.78 is 5.21. The quantitative estimate of drug-likeness (QED) is 0.861. The Morgan fingerprint density at radius 2 is 2.35 bits per heavy atom. The maximum atomic E-state index is 12.0. The van der Waals surface area contributed by atoms with Crippen molar-refractivity contribution in [2.75, 3.05) is 19.0 Å². The van der Waals surface area contributed by atoms with Crippen molar-refractivity contribution in [2.24, 2.45) is 0 Å². The molecule has 0 spiro atoms. The molecular weight excluding hydrogens is 336 g/mol. The monoisotopic (exact) mass is 354 g/mol. The van der Waals surface area contributed by atoms with Crippen LogP contribution in [0.15, 0.2) is 24.3 Å². The van der Waals surface area contributed by atoms with Gasteiger partial charge in [0.1, 0.15) is 10.8 Å². The minimum Gasteiger partial charge on any atom is -0.497 e. The van der Waals surface area contributed by atoms with Crippen molar-refractivity contribution in [1.82, 2.24) is 15.5 Å². The topological polar surface area (TPSA) is 76.1 Å². The average Bonchev–Trinajstić information content (AvgIpc) is 3.19. The standard InChI is InChI=1S/C15H18N4O2S.ClH/c1-21-11-5-2-4-10(8-11)9-13-18-19-15(22-13)17-14(20)12-6-3-7-16-12;/h2,4-5,8,12,16H,3,6-7,9H2,1H3,(H,17,19,20);1H. The summed E-state index contributed by atoms with van der Waals surface area (Å²) in [6, 6.07) is 7.74. The molecular formula is C15H19ClN4O2S. The molecule has 0 saturated carbocycles. The molecule has 1 aliphatic heterocycles. The molecule has 1 saturated heterocycles. The van der Waals surface area contributed by atoms with E-state index in [0.717, 1.165) is 35.7 Å². The molecule has 0 bridgehead atoms. The smallest absolute Gasteiger partial charge is 0.243 e. The van der Waals surface area contributed by atoms with Crippen LogP contribution in [0, 0.1) is 0 Å². The number of nitrogens with zero attached hydrogens (tertiary/aromatic N) is 2. The molecule has 3 rings (SSSR count). The van der Waals surface area contributed by atoms with E-state index in [1.807, 2.05) is 24.3 Å². The third-order valence-electron chi connectivity index (χ3n) is 3.56. The first-order chi connectivity index (χ1) is 10.7. The average molecular weight is 355 g/mol. The molecule has 1 aromatic carbocycles. The fourth-order valence-corrected chi connectivity index (χ4v) is 3.21. The molecule has 0 aliphatic carbocycles. The van der Waals surface area contributed by atoms with Crippen molar-refractivity contribution in [3.8, 4) is 5.75 Å². The minimum absolute atomic E-state index is 0. The Morgan fingerprint density at radius 1 is 1.48 bits per heavy atom. The lowest BCUT2D eigenvalue weighted by atomic mass is 10.1. The van der Waals surface area contributed by atoms with Crippen LogP contribution in [-0.4, -0.2) is 35.8 Å². The van der Waals surface area contributed by atoms with Gasteiger partial charge in [0.15, 0.2) is 0 Å². The van der Waals surface area contributed by atoms with Crippen LogP contribution in [0.5, 0.6) is 5.75 Å². The Morgan fingerprint density at radius 3 is 3.09 bits per heavy atom. The summed E-state index contributed by atoms with van der Waals surface area (Å²) in [4.78, 5) is 12.0. The molecule has 2 aromatic rings. The molecule has 8 heteroatoms. The van der Waals surface area contributed by atoms with Crippen LogP contribution in [0.4, 0.5) is 5.13 Å². The van der Waals surface area contributed by atoms with Gasteiger partial charge in [0.25, 0.3) is 0 Å². The highest BCUT2D eigenvalue weighted by molar-refractivity contribution is 7.15. The molecule has 1 aromatic heterocycles. The highest BCUT2D eigenvalue weighted by atomic mass is 35.5. The van der Waals surface area contributed by atoms with Crippen LogP contribution in [0.2, 0.25) is 0 Å². The van der Waals surface area contributed by atoms with Crippen LogP contribution in [0.25, 0.3) is 0 Å². The maximum absolute atomic E-state index is 12.0. The summed E-state index contributed by atoms with van der Waals surface area (Å²) in [5.74, 6) is 0.796. The van der Waals surface area contributed by atoms with Crippen LogP contribution in [0.1, 0.15) is 23.4 Å². The molecule has 2 N–H and O–H groups in total. The van der Waals surface area contributed by atoms with Gasteiger partial charge in [-0.1, -0.05) is 23.5 Å². The summed E-state index contributed by atoms with van der Waals surface area (Å²) in [7, 11) is 1.65. The van der Waals surface area contributed by atoms with E-state index in [4.69, 9.17) is 4.74 Å². The lowest BCUT2D eigenvalue weighted by Crippen LogP contribution is -2.35. The van der Waals surface area contributed by atoms with Gasteiger partial charge in [-0.3, -0.25) is 10.1 Å². The number of amides is 1. The van der Waals surface area contributed by atoms with Crippen molar-refractivity contribution in [2.45, 2.75) is 25.3 Å². The van der Waals surface area contributed by atoms with Gasteiger partial charge in [-0.2, -0.15) is 0 Å². The second kappa shape index (κ2) is 8.24. The van der Waals surface area contributed by atoms with Crippen LogP contribution >= 0.6 is 23.7 Å². The first-order valence-corrected chi connectivity index (χ1v) is 8.06. The Bertz CT molecular complexity index is 658. The van der Waals surface area contributed by atoms with E-state index in [9.17, 15) is 4.79 Å². The molecule has 1 amide bonds. The normalized spacial score (nSPS) is 16.7. The van der Waals surface area contributed by atoms with Crippen LogP contribution in [0.3, 0.4) is 0 Å². The second-order valence-corrected chi connectivity index (χ2v) is 6.23. The molecule has 1 fully saturated rings. The Hall–Kier alpha value is -1.70. The highest BCUT2D eigenvalue weighted by Crippen LogP contribution is 2.21. The fraction of sp³-hybridized carbons (Fsp3) is 0.400. The Kier molecular flexibility index (Phi) is 6.32. The number of anilines is 1. The van der Waals surface area contributed by atoms with Gasteiger partial charge in [-0.15, -0.1) is 22.6 Å². The Balaban J connectivity index is 0.00000192. The number of carbonyl (C=O) groups excluding carboxylic acids is 1. The number of ether oxygens (including phenoxy) is 1. The van der Waals surface area contributed by atoms with Crippen LogP contribution < -0.4 is 15.4 Å². The third-order valence-corrected chi connectivity index (χ3v) is 4.40. The van der Waals surface area contributed by atoms with Gasteiger partial charge in [-0.25, -0.2) is 0 Å². The Labute approximate surface area is 145 Å². The summed E-state index contributed by atoms with van der Waals surface area (Å²) in [5, 5.41) is 15.6. The summed E-state index contributed by atoms with van der Waals surface area (Å²) in [6.45, 7) is 0.898. The zero-order chi connectivity index (χ0) is 15.4. The number of benzene rings is 1. The van der Waals surface area contributed by atoms with Gasteiger partial charge < -0.3 is 10.1 Å². The molecule has 0 radical (unpaired) electrons. The minimum atomic E-state index is -0.106. The summed E-state index contributed by atoms with van der Waals surface area (Å²) >= 11 is 1.41. The number of hydrogen-bond acceptors (Lipinski definition) is 6. The number of aromatic nitrogens is 2.